The van der Waals surface area contributed by atoms with Crippen LogP contribution in [0.2, 0.25) is 10.0 Å². The fourth-order valence-corrected chi connectivity index (χ4v) is 3.52. The average Bonchev–Trinajstić information content (AvgIpc) is 3.03. The van der Waals surface area contributed by atoms with Crippen molar-refractivity contribution in [3.8, 4) is 11.5 Å². The topological polar surface area (TPSA) is 85.6 Å². The number of hydrogen-bond donors (Lipinski definition) is 1. The Morgan fingerprint density at radius 1 is 1.22 bits per heavy atom. The van der Waals surface area contributed by atoms with Crippen LogP contribution in [0.15, 0.2) is 54.6 Å². The fourth-order valence-electron chi connectivity index (χ4n) is 2.25. The molecule has 0 bridgehead atoms. The summed E-state index contributed by atoms with van der Waals surface area (Å²) in [6.45, 7) is 4.23. The first kappa shape index (κ1) is 19.3. The number of allylic oxidation sites excluding steroid dienone is 1. The highest BCUT2D eigenvalue weighted by Gasteiger charge is 2.16. The quantitative estimate of drug-likeness (QED) is 0.459. The number of amides is 1. The predicted octanol–water partition coefficient (Wildman–Crippen LogP) is 3.96. The maximum atomic E-state index is 12.2. The van der Waals surface area contributed by atoms with Crippen LogP contribution in [0, 0.1) is 0 Å². The number of halogens is 2. The SMILES string of the molecule is C=CCn1c(SCC(=O)Nc2cc(Cl)cc(Cl)c2)nnc1-c1cnccn1. The zero-order valence-electron chi connectivity index (χ0n) is 14.0. The molecule has 3 rings (SSSR count). The molecule has 1 amide bonds. The van der Waals surface area contributed by atoms with Crippen molar-refractivity contribution < 1.29 is 4.79 Å². The van der Waals surface area contributed by atoms with Crippen LogP contribution in [0.5, 0.6) is 0 Å². The van der Waals surface area contributed by atoms with Gasteiger partial charge >= 0.3 is 0 Å². The lowest BCUT2D eigenvalue weighted by Gasteiger charge is -2.08. The first-order valence-electron chi connectivity index (χ1n) is 7.76. The molecule has 1 aromatic carbocycles. The van der Waals surface area contributed by atoms with Gasteiger partial charge in [0.1, 0.15) is 5.69 Å². The lowest BCUT2D eigenvalue weighted by Crippen LogP contribution is -2.14. The molecule has 3 aromatic rings. The number of benzene rings is 1. The molecule has 0 saturated carbocycles. The van der Waals surface area contributed by atoms with Gasteiger partial charge in [0.2, 0.25) is 5.91 Å². The first-order valence-corrected chi connectivity index (χ1v) is 9.50. The van der Waals surface area contributed by atoms with E-state index in [-0.39, 0.29) is 11.7 Å². The van der Waals surface area contributed by atoms with E-state index >= 15 is 0 Å². The van der Waals surface area contributed by atoms with Crippen LogP contribution >= 0.6 is 35.0 Å². The number of hydrogen-bond acceptors (Lipinski definition) is 6. The summed E-state index contributed by atoms with van der Waals surface area (Å²) in [6, 6.07) is 4.85. The highest BCUT2D eigenvalue weighted by molar-refractivity contribution is 7.99. The smallest absolute Gasteiger partial charge is 0.234 e. The van der Waals surface area contributed by atoms with Crippen LogP contribution in [-0.2, 0) is 11.3 Å². The molecule has 0 aliphatic heterocycles. The van der Waals surface area contributed by atoms with E-state index in [1.54, 1.807) is 42.9 Å². The van der Waals surface area contributed by atoms with Gasteiger partial charge in [-0.2, -0.15) is 0 Å². The predicted molar refractivity (Wildman–Crippen MR) is 107 cm³/mol. The van der Waals surface area contributed by atoms with E-state index < -0.39 is 0 Å². The summed E-state index contributed by atoms with van der Waals surface area (Å²) in [5.74, 6) is 0.486. The molecule has 0 aliphatic rings. The number of carbonyl (C=O) groups excluding carboxylic acids is 1. The standard InChI is InChI=1S/C17H14Cl2N6OS/c1-2-5-25-16(14-9-20-3-4-21-14)23-24-17(25)27-10-15(26)22-13-7-11(18)6-12(19)8-13/h2-4,6-9H,1,5,10H2,(H,22,26). The van der Waals surface area contributed by atoms with Crippen molar-refractivity contribution in [1.29, 1.82) is 0 Å². The zero-order valence-corrected chi connectivity index (χ0v) is 16.3. The molecule has 138 valence electrons. The van der Waals surface area contributed by atoms with E-state index in [1.807, 2.05) is 4.57 Å². The van der Waals surface area contributed by atoms with E-state index in [1.165, 1.54) is 11.8 Å². The normalized spacial score (nSPS) is 10.6. The van der Waals surface area contributed by atoms with E-state index in [4.69, 9.17) is 23.2 Å². The van der Waals surface area contributed by atoms with Crippen molar-refractivity contribution in [1.82, 2.24) is 24.7 Å². The van der Waals surface area contributed by atoms with Crippen LogP contribution in [0.4, 0.5) is 5.69 Å². The lowest BCUT2D eigenvalue weighted by molar-refractivity contribution is -0.113. The highest BCUT2D eigenvalue weighted by atomic mass is 35.5. The minimum absolute atomic E-state index is 0.139. The Morgan fingerprint density at radius 3 is 2.67 bits per heavy atom. The molecule has 10 heteroatoms. The van der Waals surface area contributed by atoms with Crippen molar-refractivity contribution in [2.45, 2.75) is 11.7 Å². The first-order chi connectivity index (χ1) is 13.1. The van der Waals surface area contributed by atoms with E-state index in [0.717, 1.165) is 0 Å². The minimum atomic E-state index is -0.215. The summed E-state index contributed by atoms with van der Waals surface area (Å²) in [6.07, 6.45) is 6.49. The van der Waals surface area contributed by atoms with Gasteiger partial charge in [-0.05, 0) is 18.2 Å². The summed E-state index contributed by atoms with van der Waals surface area (Å²) < 4.78 is 1.82. The Kier molecular flexibility index (Phi) is 6.44. The van der Waals surface area contributed by atoms with Crippen LogP contribution in [0.1, 0.15) is 0 Å². The largest absolute Gasteiger partial charge is 0.325 e. The monoisotopic (exact) mass is 420 g/mol. The Hall–Kier alpha value is -2.42. The van der Waals surface area contributed by atoms with Gasteiger partial charge in [0.25, 0.3) is 0 Å². The van der Waals surface area contributed by atoms with Crippen molar-refractivity contribution in [3.63, 3.8) is 0 Å². The molecule has 0 atom stereocenters. The third-order valence-corrected chi connectivity index (χ3v) is 4.70. The van der Waals surface area contributed by atoms with Gasteiger partial charge in [0.05, 0.1) is 11.9 Å². The molecule has 2 heterocycles. The third kappa shape index (κ3) is 5.06. The molecule has 2 aromatic heterocycles. The van der Waals surface area contributed by atoms with Gasteiger partial charge in [-0.15, -0.1) is 16.8 Å². The maximum Gasteiger partial charge on any atom is 0.234 e. The van der Waals surface area contributed by atoms with Crippen molar-refractivity contribution in [3.05, 3.63) is 59.5 Å². The molecule has 0 saturated heterocycles. The Balaban J connectivity index is 1.71. The molecule has 0 unspecified atom stereocenters. The third-order valence-electron chi connectivity index (χ3n) is 3.30. The lowest BCUT2D eigenvalue weighted by atomic mass is 10.3. The van der Waals surface area contributed by atoms with Crippen LogP contribution in [0.3, 0.4) is 0 Å². The second-order valence-corrected chi connectivity index (χ2v) is 7.11. The summed E-state index contributed by atoms with van der Waals surface area (Å²) in [4.78, 5) is 20.5. The average molecular weight is 421 g/mol. The van der Waals surface area contributed by atoms with Crippen molar-refractivity contribution >= 4 is 46.6 Å². The van der Waals surface area contributed by atoms with Gasteiger partial charge in [-0.25, -0.2) is 4.98 Å². The van der Waals surface area contributed by atoms with Crippen LogP contribution < -0.4 is 5.32 Å². The number of aromatic nitrogens is 5. The molecular formula is C17H14Cl2N6OS. The Morgan fingerprint density at radius 2 is 2.00 bits per heavy atom. The molecule has 0 spiro atoms. The number of carbonyl (C=O) groups is 1. The summed E-state index contributed by atoms with van der Waals surface area (Å²) >= 11 is 13.1. The molecule has 0 aliphatic carbocycles. The molecule has 27 heavy (non-hydrogen) atoms. The van der Waals surface area contributed by atoms with E-state index in [0.29, 0.717) is 39.0 Å². The maximum absolute atomic E-state index is 12.2. The van der Waals surface area contributed by atoms with E-state index in [9.17, 15) is 4.79 Å². The van der Waals surface area contributed by atoms with Crippen molar-refractivity contribution in [2.24, 2.45) is 0 Å². The van der Waals surface area contributed by atoms with E-state index in [2.05, 4.69) is 32.1 Å². The van der Waals surface area contributed by atoms with Gasteiger partial charge in [0, 0.05) is 34.7 Å². The van der Waals surface area contributed by atoms with Crippen LogP contribution in [0.25, 0.3) is 11.5 Å². The summed E-state index contributed by atoms with van der Waals surface area (Å²) in [7, 11) is 0. The summed E-state index contributed by atoms with van der Waals surface area (Å²) in [5.41, 5.74) is 1.13. The van der Waals surface area contributed by atoms with Gasteiger partial charge in [-0.1, -0.05) is 41.0 Å². The van der Waals surface area contributed by atoms with Gasteiger partial charge in [0.15, 0.2) is 11.0 Å². The molecule has 7 nitrogen and oxygen atoms in total. The number of thioether (sulfide) groups is 1. The second kappa shape index (κ2) is 8.98. The van der Waals surface area contributed by atoms with Crippen LogP contribution in [-0.4, -0.2) is 36.4 Å². The molecular weight excluding hydrogens is 407 g/mol. The number of anilines is 1. The number of nitrogens with zero attached hydrogens (tertiary/aromatic N) is 5. The van der Waals surface area contributed by atoms with Crippen molar-refractivity contribution in [2.75, 3.05) is 11.1 Å². The molecule has 1 N–H and O–H groups in total. The number of rotatable bonds is 7. The second-order valence-electron chi connectivity index (χ2n) is 5.29. The minimum Gasteiger partial charge on any atom is -0.325 e. The molecule has 0 fully saturated rings. The number of nitrogens with one attached hydrogen (secondary N) is 1. The Bertz CT molecular complexity index is 943. The molecule has 0 radical (unpaired) electrons. The van der Waals surface area contributed by atoms with Gasteiger partial charge in [-0.3, -0.25) is 14.3 Å². The summed E-state index contributed by atoms with van der Waals surface area (Å²) in [5, 5.41) is 12.6. The highest BCUT2D eigenvalue weighted by Crippen LogP contribution is 2.24. The zero-order chi connectivity index (χ0) is 19.2. The fraction of sp³-hybridized carbons (Fsp3) is 0.118. The van der Waals surface area contributed by atoms with Gasteiger partial charge < -0.3 is 5.32 Å². The Labute approximate surface area is 169 Å².